The van der Waals surface area contributed by atoms with Crippen molar-refractivity contribution >= 4 is 16.7 Å². The van der Waals surface area contributed by atoms with Gasteiger partial charge in [0.15, 0.2) is 5.78 Å². The Morgan fingerprint density at radius 1 is 0.833 bits per heavy atom. The molecule has 0 N–H and O–H groups in total. The summed E-state index contributed by atoms with van der Waals surface area (Å²) >= 11 is 0. The first-order chi connectivity index (χ1) is 8.29. The van der Waals surface area contributed by atoms with Crippen LogP contribution in [0.4, 0.5) is 0 Å². The fraction of sp³-hybridized carbons (Fsp3) is 0.438. The van der Waals surface area contributed by atoms with Crippen molar-refractivity contribution in [1.29, 1.82) is 0 Å². The Morgan fingerprint density at radius 2 is 1.33 bits per heavy atom. The third-order valence-corrected chi connectivity index (χ3v) is 4.39. The number of aryl methyl sites for hydroxylation is 4. The Kier molecular flexibility index (Phi) is 2.84. The van der Waals surface area contributed by atoms with Gasteiger partial charge in [-0.1, -0.05) is 0 Å². The van der Waals surface area contributed by atoms with E-state index in [1.807, 2.05) is 7.05 Å². The molecule has 0 saturated carbocycles. The predicted octanol–water partition coefficient (Wildman–Crippen LogP) is 3.92. The van der Waals surface area contributed by atoms with Crippen LogP contribution in [-0.4, -0.2) is 10.4 Å². The highest BCUT2D eigenvalue weighted by Gasteiger charge is 2.20. The maximum atomic E-state index is 11.8. The molecule has 1 aromatic carbocycles. The topological polar surface area (TPSA) is 22.0 Å². The smallest absolute Gasteiger partial charge is 0.176 e. The maximum Gasteiger partial charge on any atom is 0.176 e. The number of hydrogen-bond acceptors (Lipinski definition) is 1. The van der Waals surface area contributed by atoms with Crippen molar-refractivity contribution in [1.82, 2.24) is 4.57 Å². The number of Topliss-reactive ketones (excluding diaryl/α,β-unsaturated/α-hetero) is 1. The van der Waals surface area contributed by atoms with Crippen LogP contribution in [0.25, 0.3) is 10.9 Å². The van der Waals surface area contributed by atoms with E-state index >= 15 is 0 Å². The van der Waals surface area contributed by atoms with Gasteiger partial charge in [-0.25, -0.2) is 0 Å². The molecular formula is C16H21NO. The van der Waals surface area contributed by atoms with Crippen molar-refractivity contribution in [3.05, 3.63) is 33.5 Å². The maximum absolute atomic E-state index is 11.8. The standard InChI is InChI=1S/C16H21NO/c1-8-9(2)11(4)16-14(10(8)3)12(5)15(13(6)18)17(16)7/h1-7H3. The Balaban J connectivity index is 3.13. The molecule has 2 rings (SSSR count). The molecule has 0 amide bonds. The summed E-state index contributed by atoms with van der Waals surface area (Å²) in [5.74, 6) is 0.139. The van der Waals surface area contributed by atoms with Crippen molar-refractivity contribution in [2.45, 2.75) is 41.5 Å². The summed E-state index contributed by atoms with van der Waals surface area (Å²) in [4.78, 5) is 11.8. The lowest BCUT2D eigenvalue weighted by Crippen LogP contribution is -2.03. The van der Waals surface area contributed by atoms with Crippen LogP contribution in [0, 0.1) is 34.6 Å². The number of nitrogens with zero attached hydrogens (tertiary/aromatic N) is 1. The molecule has 2 heteroatoms. The molecule has 0 aliphatic heterocycles. The Morgan fingerprint density at radius 3 is 1.83 bits per heavy atom. The van der Waals surface area contributed by atoms with Gasteiger partial charge in [0.25, 0.3) is 0 Å². The summed E-state index contributed by atoms with van der Waals surface area (Å²) in [6.07, 6.45) is 0. The zero-order chi connectivity index (χ0) is 13.8. The van der Waals surface area contributed by atoms with Crippen molar-refractivity contribution in [3.63, 3.8) is 0 Å². The zero-order valence-electron chi connectivity index (χ0n) is 12.4. The fourth-order valence-electron chi connectivity index (χ4n) is 3.15. The first kappa shape index (κ1) is 12.9. The number of ketones is 1. The van der Waals surface area contributed by atoms with E-state index in [0.717, 1.165) is 11.3 Å². The van der Waals surface area contributed by atoms with Crippen LogP contribution in [0.1, 0.15) is 45.2 Å². The Labute approximate surface area is 109 Å². The van der Waals surface area contributed by atoms with E-state index in [4.69, 9.17) is 0 Å². The van der Waals surface area contributed by atoms with Gasteiger partial charge in [-0.2, -0.15) is 0 Å². The van der Waals surface area contributed by atoms with Crippen molar-refractivity contribution in [3.8, 4) is 0 Å². The molecular weight excluding hydrogens is 222 g/mol. The van der Waals surface area contributed by atoms with Crippen LogP contribution in [0.2, 0.25) is 0 Å². The molecule has 96 valence electrons. The summed E-state index contributed by atoms with van der Waals surface area (Å²) in [6, 6.07) is 0. The number of fused-ring (bicyclic) bond motifs is 1. The minimum atomic E-state index is 0.139. The lowest BCUT2D eigenvalue weighted by atomic mass is 9.94. The third kappa shape index (κ3) is 1.45. The van der Waals surface area contributed by atoms with Gasteiger partial charge in [0.05, 0.1) is 11.2 Å². The van der Waals surface area contributed by atoms with Crippen LogP contribution in [0.5, 0.6) is 0 Å². The fourth-order valence-corrected chi connectivity index (χ4v) is 3.15. The van der Waals surface area contributed by atoms with Crippen molar-refractivity contribution in [2.24, 2.45) is 7.05 Å². The second kappa shape index (κ2) is 3.98. The normalized spacial score (nSPS) is 11.3. The highest BCUT2D eigenvalue weighted by Crippen LogP contribution is 2.34. The van der Waals surface area contributed by atoms with Gasteiger partial charge in [0.1, 0.15) is 0 Å². The average Bonchev–Trinajstić information content (AvgIpc) is 2.55. The molecule has 0 fully saturated rings. The monoisotopic (exact) mass is 243 g/mol. The van der Waals surface area contributed by atoms with Gasteiger partial charge in [0, 0.05) is 19.4 Å². The van der Waals surface area contributed by atoms with Gasteiger partial charge in [-0.3, -0.25) is 4.79 Å². The lowest BCUT2D eigenvalue weighted by molar-refractivity contribution is 0.101. The Bertz CT molecular complexity index is 624. The SMILES string of the molecule is CC(=O)c1c(C)c2c(C)c(C)c(C)c(C)c2n1C. The van der Waals surface area contributed by atoms with Crippen LogP contribution >= 0.6 is 0 Å². The summed E-state index contributed by atoms with van der Waals surface area (Å²) in [5.41, 5.74) is 8.41. The summed E-state index contributed by atoms with van der Waals surface area (Å²) in [7, 11) is 1.99. The molecule has 0 unspecified atom stereocenters. The quantitative estimate of drug-likeness (QED) is 0.696. The van der Waals surface area contributed by atoms with E-state index in [1.54, 1.807) is 6.92 Å². The van der Waals surface area contributed by atoms with Crippen molar-refractivity contribution in [2.75, 3.05) is 0 Å². The van der Waals surface area contributed by atoms with Gasteiger partial charge >= 0.3 is 0 Å². The molecule has 2 aromatic rings. The Hall–Kier alpha value is -1.57. The molecule has 18 heavy (non-hydrogen) atoms. The molecule has 0 aliphatic carbocycles. The number of rotatable bonds is 1. The summed E-state index contributed by atoms with van der Waals surface area (Å²) in [6.45, 7) is 12.3. The molecule has 1 heterocycles. The van der Waals surface area contributed by atoms with Gasteiger partial charge in [0.2, 0.25) is 0 Å². The van der Waals surface area contributed by atoms with Gasteiger partial charge in [-0.05, 0) is 62.4 Å². The highest BCUT2D eigenvalue weighted by molar-refractivity contribution is 6.03. The van der Waals surface area contributed by atoms with Crippen LogP contribution in [-0.2, 0) is 7.05 Å². The molecule has 0 atom stereocenters. The molecule has 0 radical (unpaired) electrons. The second-order valence-corrected chi connectivity index (χ2v) is 5.31. The number of benzene rings is 1. The van der Waals surface area contributed by atoms with E-state index < -0.39 is 0 Å². The molecule has 0 bridgehead atoms. The molecule has 1 aromatic heterocycles. The average molecular weight is 243 g/mol. The van der Waals surface area contributed by atoms with E-state index in [1.165, 1.54) is 33.2 Å². The largest absolute Gasteiger partial charge is 0.341 e. The van der Waals surface area contributed by atoms with Crippen LogP contribution in [0.15, 0.2) is 0 Å². The third-order valence-electron chi connectivity index (χ3n) is 4.39. The molecule has 2 nitrogen and oxygen atoms in total. The molecule has 0 saturated heterocycles. The number of aromatic nitrogens is 1. The van der Waals surface area contributed by atoms with E-state index in [0.29, 0.717) is 0 Å². The zero-order valence-corrected chi connectivity index (χ0v) is 12.4. The van der Waals surface area contributed by atoms with Crippen LogP contribution in [0.3, 0.4) is 0 Å². The number of carbonyl (C=O) groups is 1. The molecule has 0 spiro atoms. The van der Waals surface area contributed by atoms with E-state index in [9.17, 15) is 4.79 Å². The minimum Gasteiger partial charge on any atom is -0.341 e. The lowest BCUT2D eigenvalue weighted by Gasteiger charge is -2.12. The van der Waals surface area contributed by atoms with Crippen LogP contribution < -0.4 is 0 Å². The van der Waals surface area contributed by atoms with E-state index in [2.05, 4.69) is 39.2 Å². The van der Waals surface area contributed by atoms with Gasteiger partial charge in [-0.15, -0.1) is 0 Å². The number of hydrogen-bond donors (Lipinski definition) is 0. The van der Waals surface area contributed by atoms with Crippen molar-refractivity contribution < 1.29 is 4.79 Å². The van der Waals surface area contributed by atoms with Gasteiger partial charge < -0.3 is 4.57 Å². The first-order valence-corrected chi connectivity index (χ1v) is 6.35. The predicted molar refractivity (Wildman–Crippen MR) is 76.6 cm³/mol. The second-order valence-electron chi connectivity index (χ2n) is 5.31. The van der Waals surface area contributed by atoms with E-state index in [-0.39, 0.29) is 5.78 Å². The molecule has 0 aliphatic rings. The summed E-state index contributed by atoms with van der Waals surface area (Å²) in [5, 5.41) is 1.25. The number of carbonyl (C=O) groups excluding carboxylic acids is 1. The highest BCUT2D eigenvalue weighted by atomic mass is 16.1. The first-order valence-electron chi connectivity index (χ1n) is 6.35. The minimum absolute atomic E-state index is 0.139. The summed E-state index contributed by atoms with van der Waals surface area (Å²) < 4.78 is 2.06.